The fourth-order valence-corrected chi connectivity index (χ4v) is 7.34. The molecule has 0 saturated carbocycles. The first-order valence-corrected chi connectivity index (χ1v) is 19.8. The van der Waals surface area contributed by atoms with Gasteiger partial charge < -0.3 is 30.7 Å². The van der Waals surface area contributed by atoms with Gasteiger partial charge in [0.1, 0.15) is 30.5 Å². The lowest BCUT2D eigenvalue weighted by Gasteiger charge is -2.26. The van der Waals surface area contributed by atoms with E-state index in [-0.39, 0.29) is 17.6 Å². The molecule has 4 N–H and O–H groups in total. The third-order valence-corrected chi connectivity index (χ3v) is 10.5. The van der Waals surface area contributed by atoms with Gasteiger partial charge in [0.15, 0.2) is 0 Å². The van der Waals surface area contributed by atoms with E-state index in [9.17, 15) is 14.0 Å². The average Bonchev–Trinajstić information content (AvgIpc) is 3.71. The molecule has 10 nitrogen and oxygen atoms in total. The minimum absolute atomic E-state index is 0.137. The van der Waals surface area contributed by atoms with Gasteiger partial charge in [0.25, 0.3) is 11.8 Å². The van der Waals surface area contributed by atoms with Crippen molar-refractivity contribution in [2.45, 2.75) is 38.5 Å². The van der Waals surface area contributed by atoms with Crippen LogP contribution in [0, 0.1) is 5.82 Å². The van der Waals surface area contributed by atoms with Gasteiger partial charge in [-0.15, -0.1) is 0 Å². The first kappa shape index (κ1) is 38.9. The van der Waals surface area contributed by atoms with Crippen LogP contribution in [-0.2, 0) is 9.59 Å². The number of hydrogen-bond acceptors (Lipinski definition) is 8. The maximum atomic E-state index is 13.5. The molecule has 0 aliphatic carbocycles. The van der Waals surface area contributed by atoms with Crippen LogP contribution in [0.5, 0.6) is 11.5 Å². The van der Waals surface area contributed by atoms with E-state index < -0.39 is 0 Å². The molecule has 8 rings (SSSR count). The Kier molecular flexibility index (Phi) is 13.2. The first-order chi connectivity index (χ1) is 27.4. The molecule has 4 heterocycles. The Morgan fingerprint density at radius 3 is 1.54 bits per heavy atom. The lowest BCUT2D eigenvalue weighted by Crippen LogP contribution is -2.33. The largest absolute Gasteiger partial charge is 0.492 e. The zero-order valence-corrected chi connectivity index (χ0v) is 32.2. The van der Waals surface area contributed by atoms with Gasteiger partial charge in [0.2, 0.25) is 0 Å². The summed E-state index contributed by atoms with van der Waals surface area (Å²) in [4.78, 5) is 29.2. The second kappa shape index (κ2) is 19.0. The average molecular weight is 779 g/mol. The van der Waals surface area contributed by atoms with Crippen LogP contribution in [0.2, 0.25) is 5.02 Å². The number of amides is 2. The predicted molar refractivity (Wildman–Crippen MR) is 223 cm³/mol. The quantitative estimate of drug-likeness (QED) is 0.106. The summed E-state index contributed by atoms with van der Waals surface area (Å²) >= 11 is 6.06. The molecule has 2 amide bonds. The molecule has 0 unspecified atom stereocenters. The van der Waals surface area contributed by atoms with Crippen molar-refractivity contribution in [2.75, 3.05) is 73.7 Å². The van der Waals surface area contributed by atoms with Crippen LogP contribution in [0.15, 0.2) is 97.3 Å². The Balaban J connectivity index is 0.000000172. The van der Waals surface area contributed by atoms with Crippen LogP contribution in [0.25, 0.3) is 11.1 Å². The van der Waals surface area contributed by atoms with Crippen molar-refractivity contribution in [3.63, 3.8) is 0 Å². The highest BCUT2D eigenvalue weighted by molar-refractivity contribution is 6.34. The third-order valence-electron chi connectivity index (χ3n) is 10.3. The zero-order chi connectivity index (χ0) is 38.7. The summed E-state index contributed by atoms with van der Waals surface area (Å²) in [5, 5.41) is 12.5. The normalized spacial score (nSPS) is 18.0. The number of piperidine rings is 2. The number of likely N-dealkylation sites (tertiary alicyclic amines) is 2. The van der Waals surface area contributed by atoms with Gasteiger partial charge in [-0.05, 0) is 137 Å². The molecule has 4 aliphatic rings. The number of halogens is 2. The molecule has 0 aromatic heterocycles. The number of fused-ring (bicyclic) bond motifs is 2. The maximum absolute atomic E-state index is 13.5. The summed E-state index contributed by atoms with van der Waals surface area (Å²) < 4.78 is 25.2. The molecule has 0 bridgehead atoms. The van der Waals surface area contributed by atoms with Crippen molar-refractivity contribution in [3.05, 3.63) is 119 Å². The Hall–Kier alpha value is -5.36. The molecule has 292 valence electrons. The summed E-state index contributed by atoms with van der Waals surface area (Å²) in [6, 6.07) is 25.0. The Morgan fingerprint density at radius 2 is 1.05 bits per heavy atom. The van der Waals surface area contributed by atoms with Crippen molar-refractivity contribution in [2.24, 2.45) is 0 Å². The Morgan fingerprint density at radius 1 is 0.607 bits per heavy atom. The van der Waals surface area contributed by atoms with E-state index in [0.29, 0.717) is 40.6 Å². The molecule has 0 radical (unpaired) electrons. The summed E-state index contributed by atoms with van der Waals surface area (Å²) in [7, 11) is 0. The van der Waals surface area contributed by atoms with Crippen molar-refractivity contribution >= 4 is 57.3 Å². The molecular formula is C44H48ClFN6O4. The SMILES string of the molecule is O=C1Nc2ccc(Cl)cc2C1=CNc1ccc(OCCN2CCCCC2)cc1.O=C1Nc2ccc(F)cc2C1=CNc1ccc(OCCN2CCCCC2)cc1. The predicted octanol–water partition coefficient (Wildman–Crippen LogP) is 8.71. The van der Waals surface area contributed by atoms with E-state index in [4.69, 9.17) is 21.1 Å². The monoisotopic (exact) mass is 778 g/mol. The second-order valence-electron chi connectivity index (χ2n) is 14.2. The molecule has 2 fully saturated rings. The molecule has 12 heteroatoms. The van der Waals surface area contributed by atoms with E-state index >= 15 is 0 Å². The van der Waals surface area contributed by atoms with Crippen LogP contribution in [-0.4, -0.2) is 74.1 Å². The number of anilines is 4. The van der Waals surface area contributed by atoms with Crippen molar-refractivity contribution < 1.29 is 23.5 Å². The number of hydrogen-bond donors (Lipinski definition) is 4. The Bertz CT molecular complexity index is 1900. The molecule has 2 saturated heterocycles. The van der Waals surface area contributed by atoms with Gasteiger partial charge in [-0.2, -0.15) is 0 Å². The highest BCUT2D eigenvalue weighted by Gasteiger charge is 2.25. The number of nitrogens with one attached hydrogen (secondary N) is 4. The number of carbonyl (C=O) groups is 2. The van der Waals surface area contributed by atoms with Gasteiger partial charge >= 0.3 is 0 Å². The van der Waals surface area contributed by atoms with E-state index in [2.05, 4.69) is 31.1 Å². The van der Waals surface area contributed by atoms with Crippen LogP contribution in [0.3, 0.4) is 0 Å². The van der Waals surface area contributed by atoms with Crippen molar-refractivity contribution in [1.29, 1.82) is 0 Å². The topological polar surface area (TPSA) is 107 Å². The highest BCUT2D eigenvalue weighted by Crippen LogP contribution is 2.34. The maximum Gasteiger partial charge on any atom is 0.257 e. The van der Waals surface area contributed by atoms with Crippen LogP contribution < -0.4 is 30.7 Å². The van der Waals surface area contributed by atoms with Gasteiger partial charge in [0.05, 0.1) is 11.1 Å². The lowest BCUT2D eigenvalue weighted by molar-refractivity contribution is -0.111. The molecule has 56 heavy (non-hydrogen) atoms. The van der Waals surface area contributed by atoms with E-state index in [1.54, 1.807) is 30.6 Å². The van der Waals surface area contributed by atoms with Crippen molar-refractivity contribution in [1.82, 2.24) is 9.80 Å². The van der Waals surface area contributed by atoms with Gasteiger partial charge in [-0.3, -0.25) is 19.4 Å². The molecule has 0 spiro atoms. The van der Waals surface area contributed by atoms with Gasteiger partial charge in [-0.1, -0.05) is 24.4 Å². The summed E-state index contributed by atoms with van der Waals surface area (Å²) in [6.07, 6.45) is 11.2. The summed E-state index contributed by atoms with van der Waals surface area (Å²) in [5.41, 5.74) is 5.47. The van der Waals surface area contributed by atoms with Crippen LogP contribution in [0.4, 0.5) is 27.1 Å². The van der Waals surface area contributed by atoms with Crippen LogP contribution >= 0.6 is 11.6 Å². The number of benzene rings is 4. The second-order valence-corrected chi connectivity index (χ2v) is 14.7. The van der Waals surface area contributed by atoms with E-state index in [1.807, 2.05) is 54.6 Å². The first-order valence-electron chi connectivity index (χ1n) is 19.4. The molecule has 4 aliphatic heterocycles. The third kappa shape index (κ3) is 10.5. The number of carbonyl (C=O) groups excluding carboxylic acids is 2. The molecule has 4 aromatic rings. The van der Waals surface area contributed by atoms with E-state index in [1.165, 1.54) is 76.8 Å². The number of ether oxygens (including phenoxy) is 2. The standard InChI is InChI=1S/C22H24ClN3O2.C22H24FN3O2/c2*23-16-4-9-21-19(14-16)20(22(27)25-21)15-24-17-5-7-18(8-6-17)28-13-12-26-10-2-1-3-11-26/h2*4-9,14-15,24H,1-3,10-13H2,(H,25,27). The highest BCUT2D eigenvalue weighted by atomic mass is 35.5. The minimum atomic E-state index is -0.368. The molecular weight excluding hydrogens is 731 g/mol. The van der Waals surface area contributed by atoms with Crippen molar-refractivity contribution in [3.8, 4) is 11.5 Å². The Labute approximate surface area is 332 Å². The fraction of sp³-hybridized carbons (Fsp3) is 0.318. The summed E-state index contributed by atoms with van der Waals surface area (Å²) in [5.74, 6) is 0.924. The molecule has 4 aromatic carbocycles. The smallest absolute Gasteiger partial charge is 0.257 e. The minimum Gasteiger partial charge on any atom is -0.492 e. The lowest BCUT2D eigenvalue weighted by atomic mass is 10.1. The number of nitrogens with zero attached hydrogens (tertiary/aromatic N) is 2. The summed E-state index contributed by atoms with van der Waals surface area (Å²) in [6.45, 7) is 8.02. The van der Waals surface area contributed by atoms with Gasteiger partial charge in [-0.25, -0.2) is 4.39 Å². The number of rotatable bonds is 12. The van der Waals surface area contributed by atoms with Crippen LogP contribution in [0.1, 0.15) is 49.7 Å². The van der Waals surface area contributed by atoms with Gasteiger partial charge in [0, 0.05) is 64.4 Å². The fourth-order valence-electron chi connectivity index (χ4n) is 7.16. The molecule has 0 atom stereocenters. The van der Waals surface area contributed by atoms with E-state index in [0.717, 1.165) is 47.2 Å². The zero-order valence-electron chi connectivity index (χ0n) is 31.4.